The average Bonchev–Trinajstić information content (AvgIpc) is 3.14. The van der Waals surface area contributed by atoms with Crippen molar-refractivity contribution >= 4 is 15.9 Å². The van der Waals surface area contributed by atoms with Crippen molar-refractivity contribution in [2.45, 2.75) is 69.2 Å². The number of hydrogen-bond donors (Lipinski definition) is 1. The number of nitrogens with one attached hydrogen (secondary N) is 1. The third-order valence-corrected chi connectivity index (χ3v) is 8.61. The van der Waals surface area contributed by atoms with Crippen LogP contribution in [0.4, 0.5) is 0 Å². The van der Waals surface area contributed by atoms with Crippen LogP contribution in [0.25, 0.3) is 0 Å². The average molecular weight is 391 g/mol. The van der Waals surface area contributed by atoms with Crippen LogP contribution in [0.5, 0.6) is 0 Å². The van der Waals surface area contributed by atoms with Gasteiger partial charge in [-0.05, 0) is 68.6 Å². The van der Waals surface area contributed by atoms with Crippen molar-refractivity contribution in [2.75, 3.05) is 13.1 Å². The molecule has 3 aliphatic rings. The molecule has 0 radical (unpaired) electrons. The van der Waals surface area contributed by atoms with Gasteiger partial charge >= 0.3 is 0 Å². The molecule has 1 aliphatic heterocycles. The van der Waals surface area contributed by atoms with Crippen LogP contribution >= 0.6 is 0 Å². The SMILES string of the molecule is Cc1ccc(S(=O)(=O)N2CCCCCC2)cc1C(=O)NC1CC2CCC1C2. The highest BCUT2D eigenvalue weighted by atomic mass is 32.2. The fourth-order valence-electron chi connectivity index (χ4n) is 5.10. The molecule has 1 N–H and O–H groups in total. The predicted molar refractivity (Wildman–Crippen MR) is 105 cm³/mol. The predicted octanol–water partition coefficient (Wildman–Crippen LogP) is 3.48. The fourth-order valence-corrected chi connectivity index (χ4v) is 6.65. The highest BCUT2D eigenvalue weighted by Crippen LogP contribution is 2.44. The van der Waals surface area contributed by atoms with E-state index in [1.807, 2.05) is 6.92 Å². The Labute approximate surface area is 162 Å². The van der Waals surface area contributed by atoms with Gasteiger partial charge in [-0.25, -0.2) is 8.42 Å². The normalized spacial score (nSPS) is 28.9. The van der Waals surface area contributed by atoms with Gasteiger partial charge in [0.1, 0.15) is 0 Å². The van der Waals surface area contributed by atoms with Crippen molar-refractivity contribution in [1.29, 1.82) is 0 Å². The van der Waals surface area contributed by atoms with E-state index in [0.29, 0.717) is 24.6 Å². The molecule has 1 aromatic rings. The maximum Gasteiger partial charge on any atom is 0.251 e. The summed E-state index contributed by atoms with van der Waals surface area (Å²) in [4.78, 5) is 13.1. The fraction of sp³-hybridized carbons (Fsp3) is 0.667. The number of aryl methyl sites for hydroxylation is 1. The van der Waals surface area contributed by atoms with Gasteiger partial charge in [-0.15, -0.1) is 0 Å². The van der Waals surface area contributed by atoms with Gasteiger partial charge in [0, 0.05) is 24.7 Å². The topological polar surface area (TPSA) is 66.5 Å². The minimum absolute atomic E-state index is 0.127. The van der Waals surface area contributed by atoms with E-state index in [1.165, 1.54) is 19.3 Å². The van der Waals surface area contributed by atoms with Crippen molar-refractivity contribution < 1.29 is 13.2 Å². The standard InChI is InChI=1S/C21H30N2O3S/c1-15-6-9-18(27(25,26)23-10-4-2-3-5-11-23)14-19(15)21(24)22-20-13-16-7-8-17(20)12-16/h6,9,14,16-17,20H,2-5,7-8,10-13H2,1H3,(H,22,24). The number of benzene rings is 1. The molecule has 0 spiro atoms. The molecule has 1 amide bonds. The van der Waals surface area contributed by atoms with Gasteiger partial charge in [0.2, 0.25) is 10.0 Å². The second kappa shape index (κ2) is 7.55. The van der Waals surface area contributed by atoms with Gasteiger partial charge in [0.05, 0.1) is 4.90 Å². The number of carbonyl (C=O) groups is 1. The smallest absolute Gasteiger partial charge is 0.251 e. The van der Waals surface area contributed by atoms with Crippen LogP contribution in [0, 0.1) is 18.8 Å². The number of nitrogens with zero attached hydrogens (tertiary/aromatic N) is 1. The highest BCUT2D eigenvalue weighted by Gasteiger charge is 2.40. The van der Waals surface area contributed by atoms with Crippen LogP contribution < -0.4 is 5.32 Å². The number of carbonyl (C=O) groups excluding carboxylic acids is 1. The zero-order valence-electron chi connectivity index (χ0n) is 16.1. The molecular weight excluding hydrogens is 360 g/mol. The molecule has 2 saturated carbocycles. The van der Waals surface area contributed by atoms with Crippen LogP contribution in [0.15, 0.2) is 23.1 Å². The largest absolute Gasteiger partial charge is 0.349 e. The minimum Gasteiger partial charge on any atom is -0.349 e. The summed E-state index contributed by atoms with van der Waals surface area (Å²) in [5.74, 6) is 1.23. The molecule has 2 aliphatic carbocycles. The molecule has 3 fully saturated rings. The lowest BCUT2D eigenvalue weighted by molar-refractivity contribution is 0.0922. The summed E-state index contributed by atoms with van der Waals surface area (Å²) in [6.07, 6.45) is 8.77. The summed E-state index contributed by atoms with van der Waals surface area (Å²) in [7, 11) is -3.54. The van der Waals surface area contributed by atoms with Crippen LogP contribution in [-0.4, -0.2) is 37.8 Å². The Morgan fingerprint density at radius 1 is 1.07 bits per heavy atom. The Hall–Kier alpha value is -1.40. The first kappa shape index (κ1) is 18.9. The Morgan fingerprint density at radius 2 is 1.81 bits per heavy atom. The van der Waals surface area contributed by atoms with Crippen LogP contribution in [-0.2, 0) is 10.0 Å². The molecule has 1 saturated heterocycles. The molecule has 0 aromatic heterocycles. The molecule has 27 heavy (non-hydrogen) atoms. The minimum atomic E-state index is -3.54. The van der Waals surface area contributed by atoms with Crippen molar-refractivity contribution in [3.05, 3.63) is 29.3 Å². The van der Waals surface area contributed by atoms with Crippen molar-refractivity contribution in [3.8, 4) is 0 Å². The van der Waals surface area contributed by atoms with E-state index >= 15 is 0 Å². The van der Waals surface area contributed by atoms with Gasteiger partial charge in [-0.3, -0.25) is 4.79 Å². The van der Waals surface area contributed by atoms with Crippen LogP contribution in [0.1, 0.15) is 67.3 Å². The van der Waals surface area contributed by atoms with E-state index in [2.05, 4.69) is 5.32 Å². The Balaban J connectivity index is 1.54. The number of sulfonamides is 1. The van der Waals surface area contributed by atoms with Gasteiger partial charge in [0.25, 0.3) is 5.91 Å². The first-order chi connectivity index (χ1) is 12.9. The lowest BCUT2D eigenvalue weighted by Crippen LogP contribution is -2.39. The van der Waals surface area contributed by atoms with Crippen molar-refractivity contribution in [3.63, 3.8) is 0 Å². The highest BCUT2D eigenvalue weighted by molar-refractivity contribution is 7.89. The zero-order chi connectivity index (χ0) is 19.0. The lowest BCUT2D eigenvalue weighted by atomic mass is 9.95. The Kier molecular flexibility index (Phi) is 5.30. The van der Waals surface area contributed by atoms with E-state index < -0.39 is 10.0 Å². The van der Waals surface area contributed by atoms with Crippen LogP contribution in [0.3, 0.4) is 0 Å². The summed E-state index contributed by atoms with van der Waals surface area (Å²) >= 11 is 0. The van der Waals surface area contributed by atoms with Crippen molar-refractivity contribution in [1.82, 2.24) is 9.62 Å². The summed E-state index contributed by atoms with van der Waals surface area (Å²) in [5.41, 5.74) is 1.32. The Bertz CT molecular complexity index is 813. The summed E-state index contributed by atoms with van der Waals surface area (Å²) < 4.78 is 27.7. The number of amides is 1. The van der Waals surface area contributed by atoms with Gasteiger partial charge in [-0.2, -0.15) is 4.31 Å². The molecular formula is C21H30N2O3S. The van der Waals surface area contributed by atoms with E-state index in [1.54, 1.807) is 22.5 Å². The zero-order valence-corrected chi connectivity index (χ0v) is 16.9. The maximum absolute atomic E-state index is 13.1. The molecule has 5 nitrogen and oxygen atoms in total. The third-order valence-electron chi connectivity index (χ3n) is 6.71. The number of fused-ring (bicyclic) bond motifs is 2. The number of hydrogen-bond acceptors (Lipinski definition) is 3. The number of rotatable bonds is 4. The first-order valence-electron chi connectivity index (χ1n) is 10.4. The molecule has 2 bridgehead atoms. The Morgan fingerprint density at radius 3 is 2.44 bits per heavy atom. The van der Waals surface area contributed by atoms with Gasteiger partial charge < -0.3 is 5.32 Å². The quantitative estimate of drug-likeness (QED) is 0.856. The van der Waals surface area contributed by atoms with Crippen molar-refractivity contribution in [2.24, 2.45) is 11.8 Å². The van der Waals surface area contributed by atoms with E-state index in [9.17, 15) is 13.2 Å². The molecule has 148 valence electrons. The van der Waals surface area contributed by atoms with Gasteiger partial charge in [-0.1, -0.05) is 25.3 Å². The molecule has 6 heteroatoms. The summed E-state index contributed by atoms with van der Waals surface area (Å²) in [5, 5.41) is 3.19. The first-order valence-corrected chi connectivity index (χ1v) is 11.8. The molecule has 3 atom stereocenters. The summed E-state index contributed by atoms with van der Waals surface area (Å²) in [6, 6.07) is 5.24. The molecule has 3 unspecified atom stereocenters. The molecule has 4 rings (SSSR count). The maximum atomic E-state index is 13.1. The molecule has 1 aromatic carbocycles. The van der Waals surface area contributed by atoms with E-state index in [4.69, 9.17) is 0 Å². The summed E-state index contributed by atoms with van der Waals surface area (Å²) in [6.45, 7) is 3.02. The molecule has 1 heterocycles. The second-order valence-electron chi connectivity index (χ2n) is 8.55. The second-order valence-corrected chi connectivity index (χ2v) is 10.5. The van der Waals surface area contributed by atoms with E-state index in [-0.39, 0.29) is 16.8 Å². The monoisotopic (exact) mass is 390 g/mol. The third kappa shape index (κ3) is 3.79. The van der Waals surface area contributed by atoms with Gasteiger partial charge in [0.15, 0.2) is 0 Å². The van der Waals surface area contributed by atoms with Crippen LogP contribution in [0.2, 0.25) is 0 Å². The van der Waals surface area contributed by atoms with E-state index in [0.717, 1.165) is 43.6 Å². The lowest BCUT2D eigenvalue weighted by Gasteiger charge is -2.24.